The van der Waals surface area contributed by atoms with Crippen molar-refractivity contribution >= 4 is 22.6 Å². The van der Waals surface area contributed by atoms with Crippen LogP contribution in [0, 0.1) is 5.82 Å². The summed E-state index contributed by atoms with van der Waals surface area (Å²) in [6, 6.07) is 7.51. The molecule has 0 saturated heterocycles. The van der Waals surface area contributed by atoms with Gasteiger partial charge in [-0.25, -0.2) is 4.39 Å². The van der Waals surface area contributed by atoms with E-state index in [-0.39, 0.29) is 12.1 Å². The van der Waals surface area contributed by atoms with Crippen molar-refractivity contribution in [3.8, 4) is 0 Å². The zero-order valence-electron chi connectivity index (χ0n) is 11.5. The molecule has 0 fully saturated rings. The molecule has 0 atom stereocenters. The molecule has 2 aromatic heterocycles. The largest absolute Gasteiger partial charge is 0.360 e. The monoisotopic (exact) mass is 297 g/mol. The number of benzene rings is 1. The molecule has 6 heteroatoms. The number of hydrogen-bond acceptors (Lipinski definition) is 3. The Kier molecular flexibility index (Phi) is 3.65. The average Bonchev–Trinajstić information content (AvgIpc) is 2.95. The molecule has 3 rings (SSSR count). The number of fused-ring (bicyclic) bond motifs is 1. The number of carbonyl (C=O) groups excluding carboxylic acids is 2. The van der Waals surface area contributed by atoms with Gasteiger partial charge in [0, 0.05) is 36.0 Å². The Balaban J connectivity index is 1.76. The standard InChI is InChI=1S/C16H12FN3O2/c17-11-1-2-12-13(9-19-14(12)7-11)15(21)16(22)20-8-10-3-5-18-6-4-10/h1-7,9,19H,8H2,(H,20,22). The highest BCUT2D eigenvalue weighted by Crippen LogP contribution is 2.19. The second kappa shape index (κ2) is 5.77. The third kappa shape index (κ3) is 2.71. The van der Waals surface area contributed by atoms with Crippen LogP contribution in [0.25, 0.3) is 10.9 Å². The molecule has 0 radical (unpaired) electrons. The molecule has 1 aromatic carbocycles. The number of Topliss-reactive ketones (excluding diaryl/α,β-unsaturated/α-hetero) is 1. The maximum atomic E-state index is 13.1. The zero-order chi connectivity index (χ0) is 15.5. The second-order valence-electron chi connectivity index (χ2n) is 4.76. The average molecular weight is 297 g/mol. The van der Waals surface area contributed by atoms with Crippen molar-refractivity contribution in [2.24, 2.45) is 0 Å². The lowest BCUT2D eigenvalue weighted by Gasteiger charge is -2.04. The van der Waals surface area contributed by atoms with E-state index in [1.807, 2.05) is 0 Å². The van der Waals surface area contributed by atoms with E-state index in [4.69, 9.17) is 0 Å². The van der Waals surface area contributed by atoms with Crippen molar-refractivity contribution < 1.29 is 14.0 Å². The van der Waals surface area contributed by atoms with Crippen LogP contribution in [0.15, 0.2) is 48.9 Å². The SMILES string of the molecule is O=C(NCc1ccncc1)C(=O)c1c[nH]c2cc(F)ccc12. The summed E-state index contributed by atoms with van der Waals surface area (Å²) in [5, 5.41) is 3.08. The van der Waals surface area contributed by atoms with E-state index < -0.39 is 17.5 Å². The van der Waals surface area contributed by atoms with Crippen LogP contribution in [0.4, 0.5) is 4.39 Å². The molecule has 0 aliphatic carbocycles. The van der Waals surface area contributed by atoms with Crippen LogP contribution in [0.5, 0.6) is 0 Å². The van der Waals surface area contributed by atoms with Crippen LogP contribution in [0.1, 0.15) is 15.9 Å². The number of aromatic amines is 1. The Morgan fingerprint density at radius 3 is 2.73 bits per heavy atom. The highest BCUT2D eigenvalue weighted by Gasteiger charge is 2.19. The summed E-state index contributed by atoms with van der Waals surface area (Å²) < 4.78 is 13.1. The molecule has 22 heavy (non-hydrogen) atoms. The molecule has 0 bridgehead atoms. The van der Waals surface area contributed by atoms with Gasteiger partial charge in [-0.05, 0) is 35.9 Å². The van der Waals surface area contributed by atoms with Gasteiger partial charge >= 0.3 is 0 Å². The van der Waals surface area contributed by atoms with Crippen LogP contribution in [-0.4, -0.2) is 21.7 Å². The molecular weight excluding hydrogens is 285 g/mol. The Morgan fingerprint density at radius 1 is 1.18 bits per heavy atom. The maximum absolute atomic E-state index is 13.1. The number of H-pyrrole nitrogens is 1. The molecule has 1 amide bonds. The van der Waals surface area contributed by atoms with Gasteiger partial charge in [0.2, 0.25) is 0 Å². The number of hydrogen-bond donors (Lipinski definition) is 2. The molecular formula is C16H12FN3O2. The smallest absolute Gasteiger partial charge is 0.292 e. The predicted octanol–water partition coefficient (Wildman–Crippen LogP) is 2.20. The first-order valence-electron chi connectivity index (χ1n) is 6.63. The van der Waals surface area contributed by atoms with Crippen molar-refractivity contribution in [2.75, 3.05) is 0 Å². The van der Waals surface area contributed by atoms with Gasteiger partial charge in [-0.1, -0.05) is 0 Å². The third-order valence-electron chi connectivity index (χ3n) is 3.30. The van der Waals surface area contributed by atoms with E-state index >= 15 is 0 Å². The van der Waals surface area contributed by atoms with Gasteiger partial charge in [0.05, 0.1) is 5.56 Å². The van der Waals surface area contributed by atoms with E-state index in [1.54, 1.807) is 24.5 Å². The number of ketones is 1. The predicted molar refractivity (Wildman–Crippen MR) is 78.7 cm³/mol. The van der Waals surface area contributed by atoms with E-state index in [0.29, 0.717) is 10.9 Å². The summed E-state index contributed by atoms with van der Waals surface area (Å²) in [6.45, 7) is 0.240. The number of pyridine rings is 1. The number of halogens is 1. The quantitative estimate of drug-likeness (QED) is 0.572. The minimum Gasteiger partial charge on any atom is -0.360 e. The number of amides is 1. The summed E-state index contributed by atoms with van der Waals surface area (Å²) in [5.74, 6) is -1.77. The number of carbonyl (C=O) groups is 2. The van der Waals surface area contributed by atoms with E-state index in [1.165, 1.54) is 24.4 Å². The van der Waals surface area contributed by atoms with Crippen molar-refractivity contribution in [3.05, 3.63) is 65.9 Å². The Labute approximate surface area is 125 Å². The first-order valence-corrected chi connectivity index (χ1v) is 6.63. The Bertz CT molecular complexity index is 843. The molecule has 3 aromatic rings. The van der Waals surface area contributed by atoms with Gasteiger partial charge in [0.15, 0.2) is 0 Å². The number of nitrogens with zero attached hydrogens (tertiary/aromatic N) is 1. The summed E-state index contributed by atoms with van der Waals surface area (Å²) in [5.41, 5.74) is 1.55. The van der Waals surface area contributed by atoms with Crippen LogP contribution >= 0.6 is 0 Å². The Morgan fingerprint density at radius 2 is 1.95 bits per heavy atom. The number of nitrogens with one attached hydrogen (secondary N) is 2. The van der Waals surface area contributed by atoms with Gasteiger partial charge in [-0.15, -0.1) is 0 Å². The van der Waals surface area contributed by atoms with Crippen LogP contribution < -0.4 is 5.32 Å². The van der Waals surface area contributed by atoms with Crippen molar-refractivity contribution in [2.45, 2.75) is 6.54 Å². The van der Waals surface area contributed by atoms with Gasteiger partial charge in [0.1, 0.15) is 5.82 Å². The molecule has 0 aliphatic rings. The highest BCUT2D eigenvalue weighted by atomic mass is 19.1. The summed E-state index contributed by atoms with van der Waals surface area (Å²) in [6.07, 6.45) is 4.63. The Hall–Kier alpha value is -3.02. The first-order chi connectivity index (χ1) is 10.6. The molecule has 0 spiro atoms. The van der Waals surface area contributed by atoms with Gasteiger partial charge in [0.25, 0.3) is 11.7 Å². The molecule has 5 nitrogen and oxygen atoms in total. The molecule has 2 heterocycles. The fraction of sp³-hybridized carbons (Fsp3) is 0.0625. The minimum absolute atomic E-state index is 0.224. The summed E-state index contributed by atoms with van der Waals surface area (Å²) in [7, 11) is 0. The molecule has 110 valence electrons. The number of rotatable bonds is 4. The molecule has 0 saturated carbocycles. The maximum Gasteiger partial charge on any atom is 0.292 e. The molecule has 2 N–H and O–H groups in total. The van der Waals surface area contributed by atoms with Crippen molar-refractivity contribution in [1.29, 1.82) is 0 Å². The molecule has 0 aliphatic heterocycles. The van der Waals surface area contributed by atoms with Crippen LogP contribution in [0.2, 0.25) is 0 Å². The van der Waals surface area contributed by atoms with Gasteiger partial charge in [-0.2, -0.15) is 0 Å². The fourth-order valence-electron chi connectivity index (χ4n) is 2.17. The van der Waals surface area contributed by atoms with E-state index in [2.05, 4.69) is 15.3 Å². The van der Waals surface area contributed by atoms with E-state index in [9.17, 15) is 14.0 Å². The van der Waals surface area contributed by atoms with Crippen LogP contribution in [-0.2, 0) is 11.3 Å². The third-order valence-corrected chi connectivity index (χ3v) is 3.30. The second-order valence-corrected chi connectivity index (χ2v) is 4.76. The van der Waals surface area contributed by atoms with Crippen molar-refractivity contribution in [1.82, 2.24) is 15.3 Å². The lowest BCUT2D eigenvalue weighted by atomic mass is 10.1. The fourth-order valence-corrected chi connectivity index (χ4v) is 2.17. The first kappa shape index (κ1) is 13.9. The molecule has 0 unspecified atom stereocenters. The number of aromatic nitrogens is 2. The topological polar surface area (TPSA) is 74.8 Å². The zero-order valence-corrected chi connectivity index (χ0v) is 11.5. The summed E-state index contributed by atoms with van der Waals surface area (Å²) in [4.78, 5) is 30.8. The minimum atomic E-state index is -0.706. The van der Waals surface area contributed by atoms with Crippen LogP contribution in [0.3, 0.4) is 0 Å². The lowest BCUT2D eigenvalue weighted by Crippen LogP contribution is -2.30. The summed E-state index contributed by atoms with van der Waals surface area (Å²) >= 11 is 0. The lowest BCUT2D eigenvalue weighted by molar-refractivity contribution is -0.117. The van der Waals surface area contributed by atoms with Gasteiger partial charge < -0.3 is 10.3 Å². The highest BCUT2D eigenvalue weighted by molar-refractivity contribution is 6.44. The normalized spacial score (nSPS) is 10.6. The van der Waals surface area contributed by atoms with Crippen molar-refractivity contribution in [3.63, 3.8) is 0 Å². The van der Waals surface area contributed by atoms with Gasteiger partial charge in [-0.3, -0.25) is 14.6 Å². The van der Waals surface area contributed by atoms with E-state index in [0.717, 1.165) is 5.56 Å².